The number of nitrogens with one attached hydrogen (secondary N) is 1. The van der Waals surface area contributed by atoms with Crippen molar-refractivity contribution < 1.29 is 5.11 Å². The smallest absolute Gasteiger partial charge is 0.116 e. The summed E-state index contributed by atoms with van der Waals surface area (Å²) in [5, 5.41) is 15.0. The van der Waals surface area contributed by atoms with Gasteiger partial charge in [0.15, 0.2) is 0 Å². The highest BCUT2D eigenvalue weighted by atomic mass is 16.3. The van der Waals surface area contributed by atoms with E-state index in [0.717, 1.165) is 25.9 Å². The summed E-state index contributed by atoms with van der Waals surface area (Å²) in [4.78, 5) is 2.70. The Morgan fingerprint density at radius 1 is 0.354 bits per heavy atom. The van der Waals surface area contributed by atoms with Gasteiger partial charge >= 0.3 is 0 Å². The monoisotopic (exact) mass is 679 g/mol. The maximum atomic E-state index is 11.4. The molecule has 0 saturated heterocycles. The number of hydrogen-bond acceptors (Lipinski definition) is 3. The van der Waals surface area contributed by atoms with Crippen molar-refractivity contribution in [2.24, 2.45) is 0 Å². The van der Waals surface area contributed by atoms with Gasteiger partial charge in [-0.2, -0.15) is 0 Å². The first-order valence-corrected chi connectivity index (χ1v) is 22.8. The third-order valence-corrected chi connectivity index (χ3v) is 11.1. The van der Waals surface area contributed by atoms with Crippen molar-refractivity contribution in [3.8, 4) is 0 Å². The Morgan fingerprint density at radius 2 is 0.625 bits per heavy atom. The van der Waals surface area contributed by atoms with E-state index in [4.69, 9.17) is 0 Å². The quantitative estimate of drug-likeness (QED) is 0.0498. The molecule has 0 fully saturated rings. The molecular formula is C45H94N2O. The maximum Gasteiger partial charge on any atom is 0.116 e. The molecule has 3 heteroatoms. The van der Waals surface area contributed by atoms with Gasteiger partial charge in [-0.15, -0.1) is 0 Å². The second kappa shape index (κ2) is 39.7. The predicted molar refractivity (Wildman–Crippen MR) is 218 cm³/mol. The van der Waals surface area contributed by atoms with Crippen LogP contribution in [0.2, 0.25) is 0 Å². The molecule has 0 aromatic heterocycles. The van der Waals surface area contributed by atoms with Crippen LogP contribution in [-0.4, -0.2) is 41.9 Å². The molecule has 0 saturated carbocycles. The van der Waals surface area contributed by atoms with E-state index in [-0.39, 0.29) is 0 Å². The summed E-state index contributed by atoms with van der Waals surface area (Å²) >= 11 is 0. The zero-order valence-corrected chi connectivity index (χ0v) is 34.2. The lowest BCUT2D eigenvalue weighted by molar-refractivity contribution is -0.0149. The minimum absolute atomic E-state index is 0.704. The molecule has 1 atom stereocenters. The van der Waals surface area contributed by atoms with E-state index < -0.39 is 5.72 Å². The number of hydrogen-bond donors (Lipinski definition) is 2. The zero-order chi connectivity index (χ0) is 35.1. The standard InChI is InChI=1S/C45H94N2O/c1-5-9-12-15-18-21-24-26-29-32-35-38-42-47(43-39-36-33-30-27-25-22-19-16-13-10-6-2)44-40-45(48,8-4)46-41-37-34-31-28-23-20-17-14-11-7-3/h46,48H,5-44H2,1-4H3. The van der Waals surface area contributed by atoms with Gasteiger partial charge in [0.2, 0.25) is 0 Å². The minimum atomic E-state index is -0.704. The largest absolute Gasteiger partial charge is 0.376 e. The second-order valence-electron chi connectivity index (χ2n) is 15.9. The van der Waals surface area contributed by atoms with Gasteiger partial charge in [-0.25, -0.2) is 0 Å². The van der Waals surface area contributed by atoms with Crippen LogP contribution in [0.5, 0.6) is 0 Å². The van der Waals surface area contributed by atoms with Crippen molar-refractivity contribution in [1.82, 2.24) is 10.2 Å². The molecule has 0 rings (SSSR count). The Bertz CT molecular complexity index is 555. The van der Waals surface area contributed by atoms with Gasteiger partial charge in [0.1, 0.15) is 5.72 Å². The van der Waals surface area contributed by atoms with E-state index >= 15 is 0 Å². The topological polar surface area (TPSA) is 35.5 Å². The summed E-state index contributed by atoms with van der Waals surface area (Å²) < 4.78 is 0. The third-order valence-electron chi connectivity index (χ3n) is 11.1. The van der Waals surface area contributed by atoms with Gasteiger partial charge in [0.25, 0.3) is 0 Å². The molecule has 0 aromatic rings. The first-order valence-electron chi connectivity index (χ1n) is 22.8. The number of rotatable bonds is 42. The van der Waals surface area contributed by atoms with Gasteiger partial charge < -0.3 is 10.0 Å². The Kier molecular flexibility index (Phi) is 39.6. The van der Waals surface area contributed by atoms with Crippen LogP contribution < -0.4 is 5.32 Å². The summed E-state index contributed by atoms with van der Waals surface area (Å²) in [6, 6.07) is 0. The molecule has 0 aliphatic carbocycles. The van der Waals surface area contributed by atoms with Crippen LogP contribution in [0.3, 0.4) is 0 Å². The van der Waals surface area contributed by atoms with Crippen LogP contribution in [0.15, 0.2) is 0 Å². The lowest BCUT2D eigenvalue weighted by Gasteiger charge is -2.32. The molecule has 0 heterocycles. The van der Waals surface area contributed by atoms with Crippen molar-refractivity contribution in [1.29, 1.82) is 0 Å². The van der Waals surface area contributed by atoms with Gasteiger partial charge in [0, 0.05) is 13.0 Å². The Labute approximate surface area is 305 Å². The number of aliphatic hydroxyl groups is 1. The minimum Gasteiger partial charge on any atom is -0.376 e. The summed E-state index contributed by atoms with van der Waals surface area (Å²) in [5.74, 6) is 0. The highest BCUT2D eigenvalue weighted by Gasteiger charge is 2.24. The van der Waals surface area contributed by atoms with E-state index in [2.05, 4.69) is 37.9 Å². The van der Waals surface area contributed by atoms with Crippen LogP contribution in [0.25, 0.3) is 0 Å². The van der Waals surface area contributed by atoms with Crippen molar-refractivity contribution in [2.75, 3.05) is 26.2 Å². The average molecular weight is 679 g/mol. The fraction of sp³-hybridized carbons (Fsp3) is 1.00. The lowest BCUT2D eigenvalue weighted by Crippen LogP contribution is -2.47. The van der Waals surface area contributed by atoms with Crippen molar-refractivity contribution >= 4 is 0 Å². The molecule has 48 heavy (non-hydrogen) atoms. The van der Waals surface area contributed by atoms with E-state index in [1.54, 1.807) is 0 Å². The van der Waals surface area contributed by atoms with Gasteiger partial charge in [-0.05, 0) is 45.3 Å². The van der Waals surface area contributed by atoms with Crippen LogP contribution in [-0.2, 0) is 0 Å². The molecule has 290 valence electrons. The number of nitrogens with zero attached hydrogens (tertiary/aromatic N) is 1. The fourth-order valence-corrected chi connectivity index (χ4v) is 7.35. The molecule has 0 aliphatic heterocycles. The molecule has 0 aromatic carbocycles. The van der Waals surface area contributed by atoms with Crippen LogP contribution in [0.1, 0.15) is 259 Å². The molecule has 0 bridgehead atoms. The Hall–Kier alpha value is -0.120. The SMILES string of the molecule is CCCCCCCCCCCCCCN(CCCCCCCCCCCCCC)CCC(O)(CC)NCCCCCCCCCCCC. The van der Waals surface area contributed by atoms with E-state index in [0.29, 0.717) is 0 Å². The number of unbranched alkanes of at least 4 members (excludes halogenated alkanes) is 31. The van der Waals surface area contributed by atoms with Gasteiger partial charge in [-0.1, -0.05) is 227 Å². The molecule has 0 amide bonds. The van der Waals surface area contributed by atoms with E-state index in [1.807, 2.05) is 0 Å². The molecule has 1 unspecified atom stereocenters. The zero-order valence-electron chi connectivity index (χ0n) is 34.2. The van der Waals surface area contributed by atoms with Crippen LogP contribution in [0.4, 0.5) is 0 Å². The highest BCUT2D eigenvalue weighted by molar-refractivity contribution is 4.76. The summed E-state index contributed by atoms with van der Waals surface area (Å²) in [7, 11) is 0. The van der Waals surface area contributed by atoms with Gasteiger partial charge in [-0.3, -0.25) is 5.32 Å². The molecule has 3 nitrogen and oxygen atoms in total. The van der Waals surface area contributed by atoms with Gasteiger partial charge in [0.05, 0.1) is 0 Å². The Morgan fingerprint density at radius 3 is 0.917 bits per heavy atom. The summed E-state index contributed by atoms with van der Waals surface area (Å²) in [6.45, 7) is 13.5. The third kappa shape index (κ3) is 35.7. The first-order chi connectivity index (χ1) is 23.6. The summed E-state index contributed by atoms with van der Waals surface area (Å²) in [6.07, 6.45) is 49.3. The second-order valence-corrected chi connectivity index (χ2v) is 15.9. The van der Waals surface area contributed by atoms with Crippen LogP contribution >= 0.6 is 0 Å². The predicted octanol–water partition coefficient (Wildman–Crippen LogP) is 14.7. The Balaban J connectivity index is 4.30. The van der Waals surface area contributed by atoms with Crippen molar-refractivity contribution in [3.63, 3.8) is 0 Å². The first kappa shape index (κ1) is 47.9. The lowest BCUT2D eigenvalue weighted by atomic mass is 10.0. The highest BCUT2D eigenvalue weighted by Crippen LogP contribution is 2.17. The van der Waals surface area contributed by atoms with Crippen molar-refractivity contribution in [2.45, 2.75) is 265 Å². The van der Waals surface area contributed by atoms with Crippen LogP contribution in [0, 0.1) is 0 Å². The molecule has 2 N–H and O–H groups in total. The van der Waals surface area contributed by atoms with E-state index in [1.165, 1.54) is 231 Å². The van der Waals surface area contributed by atoms with Crippen molar-refractivity contribution in [3.05, 3.63) is 0 Å². The molecule has 0 aliphatic rings. The fourth-order valence-electron chi connectivity index (χ4n) is 7.35. The maximum absolute atomic E-state index is 11.4. The molecular weight excluding hydrogens is 585 g/mol. The van der Waals surface area contributed by atoms with E-state index in [9.17, 15) is 5.11 Å². The normalized spacial score (nSPS) is 13.1. The molecule has 0 spiro atoms. The summed E-state index contributed by atoms with van der Waals surface area (Å²) in [5.41, 5.74) is -0.704. The average Bonchev–Trinajstić information content (AvgIpc) is 3.10. The molecule has 0 radical (unpaired) electrons.